The minimum atomic E-state index is -3.72. The molecule has 0 spiro atoms. The third-order valence-corrected chi connectivity index (χ3v) is 5.06. The molecule has 1 aromatic carbocycles. The highest BCUT2D eigenvalue weighted by Gasteiger charge is 2.21. The van der Waals surface area contributed by atoms with Crippen LogP contribution in [0.15, 0.2) is 53.8 Å². The summed E-state index contributed by atoms with van der Waals surface area (Å²) in [6.45, 7) is 6.25. The number of H-pyrrole nitrogens is 1. The summed E-state index contributed by atoms with van der Waals surface area (Å²) in [5.74, 6) is 0.816. The molecule has 8 heteroatoms. The summed E-state index contributed by atoms with van der Waals surface area (Å²) in [5, 5.41) is 4.21. The van der Waals surface area contributed by atoms with E-state index >= 15 is 0 Å². The van der Waals surface area contributed by atoms with Crippen molar-refractivity contribution < 1.29 is 8.42 Å². The molecule has 0 aliphatic heterocycles. The highest BCUT2D eigenvalue weighted by atomic mass is 32.2. The van der Waals surface area contributed by atoms with Crippen molar-refractivity contribution in [1.82, 2.24) is 24.5 Å². The van der Waals surface area contributed by atoms with Crippen molar-refractivity contribution in [3.63, 3.8) is 0 Å². The zero-order chi connectivity index (χ0) is 18.1. The Morgan fingerprint density at radius 1 is 1.16 bits per heavy atom. The van der Waals surface area contributed by atoms with E-state index in [9.17, 15) is 8.42 Å². The molecule has 25 heavy (non-hydrogen) atoms. The van der Waals surface area contributed by atoms with Crippen LogP contribution in [0, 0.1) is 0 Å². The lowest BCUT2D eigenvalue weighted by molar-refractivity contribution is 0.550. The maximum atomic E-state index is 12.7. The van der Waals surface area contributed by atoms with Crippen LogP contribution in [0.3, 0.4) is 0 Å². The quantitative estimate of drug-likeness (QED) is 0.731. The van der Waals surface area contributed by atoms with E-state index in [1.54, 1.807) is 18.3 Å². The summed E-state index contributed by atoms with van der Waals surface area (Å²) < 4.78 is 29.3. The molecule has 0 bridgehead atoms. The van der Waals surface area contributed by atoms with Crippen molar-refractivity contribution in [3.8, 4) is 5.69 Å². The highest BCUT2D eigenvalue weighted by molar-refractivity contribution is 7.89. The number of sulfonamides is 1. The van der Waals surface area contributed by atoms with Gasteiger partial charge in [-0.25, -0.2) is 22.8 Å². The number of benzene rings is 1. The number of para-hydroxylation sites is 1. The molecule has 7 nitrogen and oxygen atoms in total. The van der Waals surface area contributed by atoms with E-state index in [1.807, 2.05) is 39.0 Å². The van der Waals surface area contributed by atoms with Crippen LogP contribution in [0.1, 0.15) is 32.3 Å². The Kier molecular flexibility index (Phi) is 4.49. The van der Waals surface area contributed by atoms with E-state index in [-0.39, 0.29) is 17.0 Å². The smallest absolute Gasteiger partial charge is 0.258 e. The molecule has 0 radical (unpaired) electrons. The van der Waals surface area contributed by atoms with Crippen molar-refractivity contribution in [3.05, 3.63) is 60.3 Å². The van der Waals surface area contributed by atoms with Crippen molar-refractivity contribution >= 4 is 10.0 Å². The van der Waals surface area contributed by atoms with E-state index in [4.69, 9.17) is 0 Å². The molecule has 0 amide bonds. The number of aromatic nitrogens is 4. The number of nitrogens with one attached hydrogen (secondary N) is 2. The molecule has 2 heterocycles. The number of hydrogen-bond acceptors (Lipinski definition) is 4. The predicted octanol–water partition coefficient (Wildman–Crippen LogP) is 2.37. The second kappa shape index (κ2) is 6.45. The third-order valence-electron chi connectivity index (χ3n) is 3.68. The first-order valence-electron chi connectivity index (χ1n) is 7.91. The summed E-state index contributed by atoms with van der Waals surface area (Å²) in [7, 11) is -3.72. The minimum Gasteiger partial charge on any atom is -0.344 e. The van der Waals surface area contributed by atoms with E-state index in [1.165, 1.54) is 16.9 Å². The van der Waals surface area contributed by atoms with E-state index < -0.39 is 10.0 Å². The van der Waals surface area contributed by atoms with Gasteiger partial charge < -0.3 is 4.98 Å². The number of rotatable bonds is 5. The lowest BCUT2D eigenvalue weighted by Gasteiger charge is -2.14. The SMILES string of the molecule is CC(C)(C)c1ncc(CNS(=O)(=O)c2ccnn2-c2ccccc2)[nH]1. The average Bonchev–Trinajstić information content (AvgIpc) is 3.23. The molecule has 3 rings (SSSR count). The second-order valence-corrected chi connectivity index (χ2v) is 8.46. The lowest BCUT2D eigenvalue weighted by atomic mass is 9.96. The molecule has 0 fully saturated rings. The van der Waals surface area contributed by atoms with Crippen molar-refractivity contribution in [2.24, 2.45) is 0 Å². The Labute approximate surface area is 147 Å². The van der Waals surface area contributed by atoms with Gasteiger partial charge >= 0.3 is 0 Å². The van der Waals surface area contributed by atoms with Crippen LogP contribution < -0.4 is 4.72 Å². The van der Waals surface area contributed by atoms with Gasteiger partial charge in [0.15, 0.2) is 5.03 Å². The van der Waals surface area contributed by atoms with E-state index in [0.29, 0.717) is 11.4 Å². The Morgan fingerprint density at radius 3 is 2.52 bits per heavy atom. The largest absolute Gasteiger partial charge is 0.344 e. The van der Waals surface area contributed by atoms with Gasteiger partial charge in [0.1, 0.15) is 5.82 Å². The van der Waals surface area contributed by atoms with Crippen molar-refractivity contribution in [1.29, 1.82) is 0 Å². The van der Waals surface area contributed by atoms with Gasteiger partial charge in [0, 0.05) is 17.3 Å². The highest BCUT2D eigenvalue weighted by Crippen LogP contribution is 2.19. The number of hydrogen-bond donors (Lipinski definition) is 2. The van der Waals surface area contributed by atoms with Gasteiger partial charge in [-0.05, 0) is 18.2 Å². The number of aromatic amines is 1. The Morgan fingerprint density at radius 2 is 1.88 bits per heavy atom. The van der Waals surface area contributed by atoms with E-state index in [0.717, 1.165) is 5.82 Å². The lowest BCUT2D eigenvalue weighted by Crippen LogP contribution is -2.26. The maximum Gasteiger partial charge on any atom is 0.258 e. The first-order valence-corrected chi connectivity index (χ1v) is 9.39. The average molecular weight is 359 g/mol. The molecule has 2 aromatic heterocycles. The standard InChI is InChI=1S/C17H21N5O2S/c1-17(2,3)16-18-11-13(21-16)12-20-25(23,24)15-9-10-19-22(15)14-7-5-4-6-8-14/h4-11,20H,12H2,1-3H3,(H,18,21). The normalized spacial score (nSPS) is 12.4. The van der Waals surface area contributed by atoms with Gasteiger partial charge in [0.2, 0.25) is 0 Å². The van der Waals surface area contributed by atoms with Crippen molar-refractivity contribution in [2.75, 3.05) is 0 Å². The van der Waals surface area contributed by atoms with Crippen molar-refractivity contribution in [2.45, 2.75) is 37.8 Å². The summed E-state index contributed by atoms with van der Waals surface area (Å²) in [6.07, 6.45) is 3.12. The third kappa shape index (κ3) is 3.80. The summed E-state index contributed by atoms with van der Waals surface area (Å²) in [6, 6.07) is 10.6. The fourth-order valence-electron chi connectivity index (χ4n) is 2.33. The molecular weight excluding hydrogens is 338 g/mol. The predicted molar refractivity (Wildman–Crippen MR) is 94.9 cm³/mol. The molecule has 0 unspecified atom stereocenters. The first kappa shape index (κ1) is 17.4. The van der Waals surface area contributed by atoms with Crippen LogP contribution in [0.5, 0.6) is 0 Å². The van der Waals surface area contributed by atoms with Crippen LogP contribution in [-0.2, 0) is 22.0 Å². The molecule has 3 aromatic rings. The van der Waals surface area contributed by atoms with Crippen LogP contribution in [0.25, 0.3) is 5.69 Å². The molecule has 0 aliphatic rings. The van der Waals surface area contributed by atoms with Crippen LogP contribution in [-0.4, -0.2) is 28.2 Å². The molecule has 0 aliphatic carbocycles. The second-order valence-electron chi connectivity index (χ2n) is 6.75. The van der Waals surface area contributed by atoms with Crippen LogP contribution in [0.4, 0.5) is 0 Å². The number of imidazole rings is 1. The Hall–Kier alpha value is -2.45. The van der Waals surface area contributed by atoms with Crippen LogP contribution >= 0.6 is 0 Å². The fourth-order valence-corrected chi connectivity index (χ4v) is 3.45. The first-order chi connectivity index (χ1) is 11.8. The van der Waals surface area contributed by atoms with Gasteiger partial charge in [0.25, 0.3) is 10.0 Å². The topological polar surface area (TPSA) is 92.7 Å². The van der Waals surface area contributed by atoms with Crippen LogP contribution in [0.2, 0.25) is 0 Å². The summed E-state index contributed by atoms with van der Waals surface area (Å²) in [4.78, 5) is 7.46. The van der Waals surface area contributed by atoms with Gasteiger partial charge in [0.05, 0.1) is 18.4 Å². The molecule has 2 N–H and O–H groups in total. The molecule has 132 valence electrons. The molecule has 0 saturated heterocycles. The van der Waals surface area contributed by atoms with Gasteiger partial charge in [-0.15, -0.1) is 0 Å². The molecular formula is C17H21N5O2S. The zero-order valence-electron chi connectivity index (χ0n) is 14.4. The fraction of sp³-hybridized carbons (Fsp3) is 0.294. The Balaban J connectivity index is 1.80. The molecule has 0 saturated carbocycles. The zero-order valence-corrected chi connectivity index (χ0v) is 15.2. The Bertz CT molecular complexity index is 952. The van der Waals surface area contributed by atoms with Gasteiger partial charge in [-0.3, -0.25) is 0 Å². The monoisotopic (exact) mass is 359 g/mol. The van der Waals surface area contributed by atoms with Gasteiger partial charge in [-0.1, -0.05) is 39.0 Å². The molecule has 0 atom stereocenters. The summed E-state index contributed by atoms with van der Waals surface area (Å²) >= 11 is 0. The van der Waals surface area contributed by atoms with Gasteiger partial charge in [-0.2, -0.15) is 5.10 Å². The summed E-state index contributed by atoms with van der Waals surface area (Å²) in [5.41, 5.74) is 1.27. The van der Waals surface area contributed by atoms with E-state index in [2.05, 4.69) is 19.8 Å². The number of nitrogens with zero attached hydrogens (tertiary/aromatic N) is 3. The minimum absolute atomic E-state index is 0.0919. The maximum absolute atomic E-state index is 12.7.